The summed E-state index contributed by atoms with van der Waals surface area (Å²) in [5.41, 5.74) is 0.587. The quantitative estimate of drug-likeness (QED) is 0.895. The zero-order chi connectivity index (χ0) is 15.5. The van der Waals surface area contributed by atoms with Gasteiger partial charge in [0.1, 0.15) is 5.82 Å². The Labute approximate surface area is 125 Å². The van der Waals surface area contributed by atoms with Gasteiger partial charge in [-0.2, -0.15) is 0 Å². The summed E-state index contributed by atoms with van der Waals surface area (Å²) in [6.07, 6.45) is 6.57. The van der Waals surface area contributed by atoms with Crippen LogP contribution in [0.3, 0.4) is 0 Å². The lowest BCUT2D eigenvalue weighted by molar-refractivity contribution is 0.239. The van der Waals surface area contributed by atoms with Gasteiger partial charge in [0.15, 0.2) is 0 Å². The number of pyridine rings is 1. The van der Waals surface area contributed by atoms with Crippen molar-refractivity contribution in [3.05, 3.63) is 29.8 Å². The van der Waals surface area contributed by atoms with Crippen LogP contribution in [-0.4, -0.2) is 44.1 Å². The Morgan fingerprint density at radius 1 is 1.57 bits per heavy atom. The van der Waals surface area contributed by atoms with Gasteiger partial charge in [-0.1, -0.05) is 0 Å². The highest BCUT2D eigenvalue weighted by Gasteiger charge is 2.28. The third-order valence-corrected chi connectivity index (χ3v) is 5.32. The largest absolute Gasteiger partial charge is 0.313 e. The first-order valence-corrected chi connectivity index (χ1v) is 8.98. The molecule has 0 saturated carbocycles. The number of rotatable bonds is 5. The van der Waals surface area contributed by atoms with E-state index >= 15 is 0 Å². The van der Waals surface area contributed by atoms with Gasteiger partial charge in [0.2, 0.25) is 10.0 Å². The number of sulfonamides is 1. The fraction of sp³-hybridized carbons (Fsp3) is 0.643. The molecule has 118 valence electrons. The molecule has 1 aliphatic rings. The minimum absolute atomic E-state index is 0.127. The van der Waals surface area contributed by atoms with E-state index in [1.54, 1.807) is 19.3 Å². The molecule has 5 nitrogen and oxygen atoms in total. The van der Waals surface area contributed by atoms with E-state index in [0.717, 1.165) is 12.8 Å². The van der Waals surface area contributed by atoms with Crippen molar-refractivity contribution in [1.29, 1.82) is 0 Å². The number of aromatic nitrogens is 1. The van der Waals surface area contributed by atoms with Crippen molar-refractivity contribution in [2.24, 2.45) is 5.92 Å². The SMILES string of the molecule is CNC(CC1CCCN(S(C)(=O)=O)C1)c1ccncc1F. The van der Waals surface area contributed by atoms with E-state index in [1.165, 1.54) is 16.8 Å². The minimum Gasteiger partial charge on any atom is -0.313 e. The molecule has 1 aliphatic heterocycles. The zero-order valence-electron chi connectivity index (χ0n) is 12.4. The Bertz CT molecular complexity index is 579. The van der Waals surface area contributed by atoms with Crippen molar-refractivity contribution in [1.82, 2.24) is 14.6 Å². The molecule has 7 heteroatoms. The van der Waals surface area contributed by atoms with E-state index in [2.05, 4.69) is 10.3 Å². The van der Waals surface area contributed by atoms with Gasteiger partial charge in [-0.25, -0.2) is 17.1 Å². The van der Waals surface area contributed by atoms with Crippen LogP contribution in [0.25, 0.3) is 0 Å². The second kappa shape index (κ2) is 6.81. The summed E-state index contributed by atoms with van der Waals surface area (Å²) < 4.78 is 38.7. The van der Waals surface area contributed by atoms with Gasteiger partial charge in [-0.15, -0.1) is 0 Å². The molecule has 1 saturated heterocycles. The van der Waals surface area contributed by atoms with Gasteiger partial charge in [0.05, 0.1) is 12.5 Å². The number of halogens is 1. The van der Waals surface area contributed by atoms with Gasteiger partial charge in [-0.3, -0.25) is 4.98 Å². The molecular formula is C14H22FN3O2S. The van der Waals surface area contributed by atoms with Crippen LogP contribution in [0.15, 0.2) is 18.5 Å². The third kappa shape index (κ3) is 4.21. The molecule has 21 heavy (non-hydrogen) atoms. The molecule has 0 aliphatic carbocycles. The molecule has 0 spiro atoms. The van der Waals surface area contributed by atoms with E-state index in [-0.39, 0.29) is 17.8 Å². The summed E-state index contributed by atoms with van der Waals surface area (Å²) in [4.78, 5) is 3.76. The van der Waals surface area contributed by atoms with E-state index in [1.807, 2.05) is 0 Å². The average Bonchev–Trinajstić information content (AvgIpc) is 2.45. The van der Waals surface area contributed by atoms with Crippen LogP contribution in [0.4, 0.5) is 4.39 Å². The molecule has 1 fully saturated rings. The van der Waals surface area contributed by atoms with Crippen molar-refractivity contribution in [2.45, 2.75) is 25.3 Å². The summed E-state index contributed by atoms with van der Waals surface area (Å²) in [6, 6.07) is 1.55. The Morgan fingerprint density at radius 3 is 2.95 bits per heavy atom. The summed E-state index contributed by atoms with van der Waals surface area (Å²) in [5, 5.41) is 3.12. The van der Waals surface area contributed by atoms with Gasteiger partial charge >= 0.3 is 0 Å². The van der Waals surface area contributed by atoms with Crippen LogP contribution in [0.2, 0.25) is 0 Å². The first kappa shape index (κ1) is 16.3. The fourth-order valence-corrected chi connectivity index (χ4v) is 3.87. The smallest absolute Gasteiger partial charge is 0.211 e. The van der Waals surface area contributed by atoms with Crippen LogP contribution in [0.1, 0.15) is 30.9 Å². The third-order valence-electron chi connectivity index (χ3n) is 4.05. The Morgan fingerprint density at radius 2 is 2.33 bits per heavy atom. The van der Waals surface area contributed by atoms with Crippen molar-refractivity contribution in [3.63, 3.8) is 0 Å². The van der Waals surface area contributed by atoms with Crippen LogP contribution in [-0.2, 0) is 10.0 Å². The monoisotopic (exact) mass is 315 g/mol. The predicted octanol–water partition coefficient (Wildman–Crippen LogP) is 1.54. The maximum Gasteiger partial charge on any atom is 0.211 e. The van der Waals surface area contributed by atoms with Crippen LogP contribution >= 0.6 is 0 Å². The molecule has 2 unspecified atom stereocenters. The fourth-order valence-electron chi connectivity index (χ4n) is 2.92. The van der Waals surface area contributed by atoms with E-state index < -0.39 is 10.0 Å². The number of nitrogens with zero attached hydrogens (tertiary/aromatic N) is 2. The minimum atomic E-state index is -3.15. The summed E-state index contributed by atoms with van der Waals surface area (Å²) >= 11 is 0. The lowest BCUT2D eigenvalue weighted by Crippen LogP contribution is -2.40. The number of hydrogen-bond donors (Lipinski definition) is 1. The molecule has 0 bridgehead atoms. The van der Waals surface area contributed by atoms with E-state index in [9.17, 15) is 12.8 Å². The molecule has 1 aromatic heterocycles. The van der Waals surface area contributed by atoms with Gasteiger partial charge in [0.25, 0.3) is 0 Å². The molecule has 2 atom stereocenters. The molecule has 0 radical (unpaired) electrons. The molecule has 0 amide bonds. The summed E-state index contributed by atoms with van der Waals surface area (Å²) in [5.74, 6) is -0.0916. The molecular weight excluding hydrogens is 293 g/mol. The normalized spacial score (nSPS) is 22.1. The van der Waals surface area contributed by atoms with E-state index in [0.29, 0.717) is 25.1 Å². The molecule has 1 N–H and O–H groups in total. The van der Waals surface area contributed by atoms with Gasteiger partial charge in [-0.05, 0) is 38.3 Å². The number of nitrogens with one attached hydrogen (secondary N) is 1. The molecule has 2 heterocycles. The van der Waals surface area contributed by atoms with Gasteiger partial charge in [0, 0.05) is 30.9 Å². The van der Waals surface area contributed by atoms with Crippen LogP contribution < -0.4 is 5.32 Å². The Hall–Kier alpha value is -1.05. The summed E-state index contributed by atoms with van der Waals surface area (Å²) in [7, 11) is -1.35. The zero-order valence-corrected chi connectivity index (χ0v) is 13.2. The Balaban J connectivity index is 2.07. The second-order valence-corrected chi connectivity index (χ2v) is 7.59. The predicted molar refractivity (Wildman–Crippen MR) is 79.8 cm³/mol. The maximum absolute atomic E-state index is 13.8. The van der Waals surface area contributed by atoms with Crippen molar-refractivity contribution in [3.8, 4) is 0 Å². The lowest BCUT2D eigenvalue weighted by atomic mass is 9.89. The highest BCUT2D eigenvalue weighted by molar-refractivity contribution is 7.88. The average molecular weight is 315 g/mol. The molecule has 1 aromatic rings. The van der Waals surface area contributed by atoms with Crippen molar-refractivity contribution >= 4 is 10.0 Å². The maximum atomic E-state index is 13.8. The highest BCUT2D eigenvalue weighted by atomic mass is 32.2. The standard InChI is InChI=1S/C14H22FN3O2S/c1-16-14(12-5-6-17-9-13(12)15)8-11-4-3-7-18(10-11)21(2,19)20/h5-6,9,11,14,16H,3-4,7-8,10H2,1-2H3. The highest BCUT2D eigenvalue weighted by Crippen LogP contribution is 2.29. The molecule has 0 aromatic carbocycles. The lowest BCUT2D eigenvalue weighted by Gasteiger charge is -2.33. The first-order chi connectivity index (χ1) is 9.91. The number of piperidine rings is 1. The second-order valence-electron chi connectivity index (χ2n) is 5.60. The van der Waals surface area contributed by atoms with Gasteiger partial charge < -0.3 is 5.32 Å². The Kier molecular flexibility index (Phi) is 5.29. The number of hydrogen-bond acceptors (Lipinski definition) is 4. The topological polar surface area (TPSA) is 62.3 Å². The van der Waals surface area contributed by atoms with E-state index in [4.69, 9.17) is 0 Å². The van der Waals surface area contributed by atoms with Crippen LogP contribution in [0, 0.1) is 11.7 Å². The van der Waals surface area contributed by atoms with Crippen LogP contribution in [0.5, 0.6) is 0 Å². The molecule has 2 rings (SSSR count). The summed E-state index contributed by atoms with van der Waals surface area (Å²) in [6.45, 7) is 1.10. The first-order valence-electron chi connectivity index (χ1n) is 7.13. The van der Waals surface area contributed by atoms with Crippen molar-refractivity contribution < 1.29 is 12.8 Å². The van der Waals surface area contributed by atoms with Crippen molar-refractivity contribution in [2.75, 3.05) is 26.4 Å².